The van der Waals surface area contributed by atoms with Crippen LogP contribution in [0.15, 0.2) is 36.5 Å². The summed E-state index contributed by atoms with van der Waals surface area (Å²) in [6.07, 6.45) is 4.92. The van der Waals surface area contributed by atoms with E-state index in [2.05, 4.69) is 46.2 Å². The van der Waals surface area contributed by atoms with Crippen molar-refractivity contribution in [3.8, 4) is 0 Å². The fourth-order valence-electron chi connectivity index (χ4n) is 2.80. The van der Waals surface area contributed by atoms with Gasteiger partial charge in [0.05, 0.1) is 12.7 Å². The highest BCUT2D eigenvalue weighted by atomic mass is 16.5. The van der Waals surface area contributed by atoms with Crippen LogP contribution in [-0.4, -0.2) is 29.5 Å². The lowest BCUT2D eigenvalue weighted by molar-refractivity contribution is 0.0277. The third kappa shape index (κ3) is 3.31. The van der Waals surface area contributed by atoms with Gasteiger partial charge >= 0.3 is 0 Å². The van der Waals surface area contributed by atoms with Gasteiger partial charge in [0, 0.05) is 37.6 Å². The van der Waals surface area contributed by atoms with E-state index >= 15 is 0 Å². The number of ether oxygens (including phenoxy) is 1. The second kappa shape index (κ2) is 6.10. The molecule has 116 valence electrons. The third-order valence-electron chi connectivity index (χ3n) is 4.27. The molecular weight excluding hydrogens is 276 g/mol. The van der Waals surface area contributed by atoms with E-state index in [0.717, 1.165) is 43.7 Å². The summed E-state index contributed by atoms with van der Waals surface area (Å²) >= 11 is 0. The minimum absolute atomic E-state index is 0.167. The Balaban J connectivity index is 1.38. The molecule has 4 rings (SSSR count). The molecule has 5 nitrogen and oxygen atoms in total. The van der Waals surface area contributed by atoms with Crippen LogP contribution in [0, 0.1) is 5.92 Å². The van der Waals surface area contributed by atoms with Gasteiger partial charge in [-0.05, 0) is 36.5 Å². The van der Waals surface area contributed by atoms with Crippen LogP contribution in [-0.2, 0) is 11.3 Å². The monoisotopic (exact) mass is 298 g/mol. The molecule has 1 unspecified atom stereocenters. The second-order valence-electron chi connectivity index (χ2n) is 6.18. The number of anilines is 2. The van der Waals surface area contributed by atoms with E-state index in [0.29, 0.717) is 0 Å². The van der Waals surface area contributed by atoms with Gasteiger partial charge in [0.25, 0.3) is 0 Å². The molecule has 5 heteroatoms. The Morgan fingerprint density at radius 2 is 2.09 bits per heavy atom. The highest BCUT2D eigenvalue weighted by Gasteiger charge is 2.22. The van der Waals surface area contributed by atoms with E-state index in [4.69, 9.17) is 4.74 Å². The highest BCUT2D eigenvalue weighted by molar-refractivity contribution is 5.56. The van der Waals surface area contributed by atoms with Crippen LogP contribution in [0.1, 0.15) is 24.5 Å². The molecule has 1 aromatic heterocycles. The van der Waals surface area contributed by atoms with Crippen molar-refractivity contribution in [1.29, 1.82) is 0 Å². The van der Waals surface area contributed by atoms with Gasteiger partial charge in [-0.2, -0.15) is 5.10 Å². The largest absolute Gasteiger partial charge is 0.371 e. The number of rotatable bonds is 5. The average molecular weight is 298 g/mol. The van der Waals surface area contributed by atoms with Crippen LogP contribution in [0.25, 0.3) is 0 Å². The molecule has 1 aromatic carbocycles. The molecule has 2 N–H and O–H groups in total. The van der Waals surface area contributed by atoms with Gasteiger partial charge in [0.15, 0.2) is 5.82 Å². The molecule has 2 aliphatic rings. The Morgan fingerprint density at radius 1 is 1.23 bits per heavy atom. The standard InChI is InChI=1S/C17H22N4O/c1-2-13(1)12-21-9-7-17(20-21)19-15-5-3-14(4-6-15)16-11-18-8-10-22-16/h3-7,9,13,16,18H,1-2,8,10-12H2,(H,19,20). The molecular formula is C17H22N4O. The van der Waals surface area contributed by atoms with Crippen LogP contribution in [0.5, 0.6) is 0 Å². The Kier molecular flexibility index (Phi) is 3.83. The van der Waals surface area contributed by atoms with Gasteiger partial charge in [-0.3, -0.25) is 4.68 Å². The van der Waals surface area contributed by atoms with Gasteiger partial charge < -0.3 is 15.4 Å². The smallest absolute Gasteiger partial charge is 0.152 e. The third-order valence-corrected chi connectivity index (χ3v) is 4.27. The minimum atomic E-state index is 0.167. The molecule has 0 spiro atoms. The normalized spacial score (nSPS) is 21.7. The Morgan fingerprint density at radius 3 is 2.82 bits per heavy atom. The van der Waals surface area contributed by atoms with Gasteiger partial charge in [0.2, 0.25) is 0 Å². The number of hydrogen-bond donors (Lipinski definition) is 2. The summed E-state index contributed by atoms with van der Waals surface area (Å²) in [6, 6.07) is 10.5. The maximum atomic E-state index is 5.77. The summed E-state index contributed by atoms with van der Waals surface area (Å²) in [5, 5.41) is 11.3. The molecule has 0 bridgehead atoms. The van der Waals surface area contributed by atoms with Crippen molar-refractivity contribution < 1.29 is 4.74 Å². The summed E-state index contributed by atoms with van der Waals surface area (Å²) in [4.78, 5) is 0. The molecule has 2 heterocycles. The Labute approximate surface area is 130 Å². The molecule has 1 atom stereocenters. The van der Waals surface area contributed by atoms with Crippen LogP contribution in [0.3, 0.4) is 0 Å². The van der Waals surface area contributed by atoms with Crippen LogP contribution in [0.2, 0.25) is 0 Å². The predicted molar refractivity (Wildman–Crippen MR) is 86.2 cm³/mol. The second-order valence-corrected chi connectivity index (χ2v) is 6.18. The van der Waals surface area contributed by atoms with Crippen molar-refractivity contribution in [2.75, 3.05) is 25.0 Å². The number of hydrogen-bond acceptors (Lipinski definition) is 4. The van der Waals surface area contributed by atoms with Gasteiger partial charge in [0.1, 0.15) is 0 Å². The van der Waals surface area contributed by atoms with Crippen molar-refractivity contribution in [2.45, 2.75) is 25.5 Å². The highest BCUT2D eigenvalue weighted by Crippen LogP contribution is 2.30. The summed E-state index contributed by atoms with van der Waals surface area (Å²) in [5.74, 6) is 1.75. The lowest BCUT2D eigenvalue weighted by Gasteiger charge is -2.24. The zero-order valence-electron chi connectivity index (χ0n) is 12.7. The fourth-order valence-corrected chi connectivity index (χ4v) is 2.80. The molecule has 22 heavy (non-hydrogen) atoms. The molecule has 0 amide bonds. The number of aromatic nitrogens is 2. The van der Waals surface area contributed by atoms with Crippen LogP contribution >= 0.6 is 0 Å². The minimum Gasteiger partial charge on any atom is -0.371 e. The first-order valence-electron chi connectivity index (χ1n) is 8.09. The van der Waals surface area contributed by atoms with Crippen molar-refractivity contribution >= 4 is 11.5 Å². The van der Waals surface area contributed by atoms with Gasteiger partial charge in [-0.25, -0.2) is 0 Å². The lowest BCUT2D eigenvalue weighted by atomic mass is 10.1. The first-order chi connectivity index (χ1) is 10.9. The van der Waals surface area contributed by atoms with Crippen molar-refractivity contribution in [3.63, 3.8) is 0 Å². The molecule has 2 aromatic rings. The van der Waals surface area contributed by atoms with E-state index < -0.39 is 0 Å². The number of nitrogens with one attached hydrogen (secondary N) is 2. The zero-order valence-corrected chi connectivity index (χ0v) is 12.7. The molecule has 0 radical (unpaired) electrons. The van der Waals surface area contributed by atoms with Crippen molar-refractivity contribution in [3.05, 3.63) is 42.1 Å². The first kappa shape index (κ1) is 13.8. The quantitative estimate of drug-likeness (QED) is 0.891. The first-order valence-corrected chi connectivity index (χ1v) is 8.09. The summed E-state index contributed by atoms with van der Waals surface area (Å²) < 4.78 is 7.81. The maximum Gasteiger partial charge on any atom is 0.152 e. The van der Waals surface area contributed by atoms with Crippen molar-refractivity contribution in [1.82, 2.24) is 15.1 Å². The van der Waals surface area contributed by atoms with Crippen LogP contribution < -0.4 is 10.6 Å². The van der Waals surface area contributed by atoms with Gasteiger partial charge in [-0.15, -0.1) is 0 Å². The molecule has 1 aliphatic carbocycles. The SMILES string of the molecule is c1cc(C2CNCCO2)ccc1Nc1ccn(CC2CC2)n1. The van der Waals surface area contributed by atoms with E-state index in [1.54, 1.807) is 0 Å². The topological polar surface area (TPSA) is 51.1 Å². The van der Waals surface area contributed by atoms with E-state index in [9.17, 15) is 0 Å². The molecule has 1 saturated carbocycles. The number of benzene rings is 1. The van der Waals surface area contributed by atoms with Crippen LogP contribution in [0.4, 0.5) is 11.5 Å². The maximum absolute atomic E-state index is 5.77. The molecule has 1 aliphatic heterocycles. The van der Waals surface area contributed by atoms with E-state index in [-0.39, 0.29) is 6.10 Å². The van der Waals surface area contributed by atoms with Gasteiger partial charge in [-0.1, -0.05) is 12.1 Å². The molecule has 2 fully saturated rings. The fraction of sp³-hybridized carbons (Fsp3) is 0.471. The number of nitrogens with zero attached hydrogens (tertiary/aromatic N) is 2. The molecule has 1 saturated heterocycles. The number of morpholine rings is 1. The Bertz CT molecular complexity index is 612. The lowest BCUT2D eigenvalue weighted by Crippen LogP contribution is -2.33. The summed E-state index contributed by atoms with van der Waals surface area (Å²) in [7, 11) is 0. The summed E-state index contributed by atoms with van der Waals surface area (Å²) in [5.41, 5.74) is 2.28. The van der Waals surface area contributed by atoms with Crippen molar-refractivity contribution in [2.24, 2.45) is 5.92 Å². The zero-order chi connectivity index (χ0) is 14.8. The average Bonchev–Trinajstić information content (AvgIpc) is 3.27. The Hall–Kier alpha value is -1.85. The summed E-state index contributed by atoms with van der Waals surface area (Å²) in [6.45, 7) is 3.66. The van der Waals surface area contributed by atoms with E-state index in [1.807, 2.05) is 10.7 Å². The predicted octanol–water partition coefficient (Wildman–Crippen LogP) is 2.70. The van der Waals surface area contributed by atoms with E-state index in [1.165, 1.54) is 18.4 Å².